The van der Waals surface area contributed by atoms with E-state index in [1.807, 2.05) is 12.1 Å². The van der Waals surface area contributed by atoms with Gasteiger partial charge in [-0.2, -0.15) is 0 Å². The van der Waals surface area contributed by atoms with Crippen molar-refractivity contribution in [3.8, 4) is 5.75 Å². The van der Waals surface area contributed by atoms with Gasteiger partial charge in [0.1, 0.15) is 5.75 Å². The van der Waals surface area contributed by atoms with E-state index in [2.05, 4.69) is 72.2 Å². The number of hydrogen-bond donors (Lipinski definition) is 2. The molecule has 1 aliphatic heterocycles. The minimum Gasteiger partial charge on any atom is -0.496 e. The Morgan fingerprint density at radius 1 is 1.13 bits per heavy atom. The predicted octanol–water partition coefficient (Wildman–Crippen LogP) is 5.81. The maximum atomic E-state index is 13.0. The second-order valence-corrected chi connectivity index (χ2v) is 8.40. The molecular weight excluding hydrogens is 384 g/mol. The first-order valence-corrected chi connectivity index (χ1v) is 11.1. The van der Waals surface area contributed by atoms with Crippen LogP contribution in [0.25, 0.3) is 10.8 Å². The highest BCUT2D eigenvalue weighted by molar-refractivity contribution is 6.01. The Kier molecular flexibility index (Phi) is 5.14. The van der Waals surface area contributed by atoms with Gasteiger partial charge in [0.2, 0.25) is 0 Å². The SMILES string of the molecule is CCCNC(=O)c1cccc2c1NC(c1c(OC)ccc3ccccc13)C1CC=CC21. The normalized spacial score (nSPS) is 21.3. The molecule has 2 N–H and O–H groups in total. The smallest absolute Gasteiger partial charge is 0.253 e. The van der Waals surface area contributed by atoms with Crippen molar-refractivity contribution in [1.82, 2.24) is 5.32 Å². The van der Waals surface area contributed by atoms with E-state index in [9.17, 15) is 4.79 Å². The number of nitrogens with one attached hydrogen (secondary N) is 2. The first kappa shape index (κ1) is 19.7. The van der Waals surface area contributed by atoms with Crippen molar-refractivity contribution in [2.75, 3.05) is 19.0 Å². The van der Waals surface area contributed by atoms with Gasteiger partial charge in [0, 0.05) is 18.0 Å². The van der Waals surface area contributed by atoms with Crippen LogP contribution in [0.15, 0.2) is 66.7 Å². The van der Waals surface area contributed by atoms with Crippen molar-refractivity contribution in [3.05, 3.63) is 83.4 Å². The number of hydrogen-bond acceptors (Lipinski definition) is 3. The molecule has 4 heteroatoms. The zero-order chi connectivity index (χ0) is 21.4. The van der Waals surface area contributed by atoms with Crippen molar-refractivity contribution < 1.29 is 9.53 Å². The Labute approximate surface area is 183 Å². The van der Waals surface area contributed by atoms with Crippen LogP contribution < -0.4 is 15.4 Å². The third-order valence-electron chi connectivity index (χ3n) is 6.64. The molecule has 1 amide bonds. The van der Waals surface area contributed by atoms with Crippen molar-refractivity contribution in [2.24, 2.45) is 5.92 Å². The molecule has 4 nitrogen and oxygen atoms in total. The lowest BCUT2D eigenvalue weighted by Crippen LogP contribution is -2.32. The number of amides is 1. The van der Waals surface area contributed by atoms with E-state index in [0.29, 0.717) is 18.0 Å². The fourth-order valence-corrected chi connectivity index (χ4v) is 5.20. The average Bonchev–Trinajstić information content (AvgIpc) is 3.31. The molecule has 0 radical (unpaired) electrons. The van der Waals surface area contributed by atoms with Gasteiger partial charge in [0.25, 0.3) is 5.91 Å². The molecule has 1 heterocycles. The Morgan fingerprint density at radius 3 is 2.84 bits per heavy atom. The van der Waals surface area contributed by atoms with Crippen molar-refractivity contribution in [3.63, 3.8) is 0 Å². The van der Waals surface area contributed by atoms with Crippen LogP contribution in [0.4, 0.5) is 5.69 Å². The van der Waals surface area contributed by atoms with Gasteiger partial charge in [0.05, 0.1) is 24.4 Å². The van der Waals surface area contributed by atoms with E-state index >= 15 is 0 Å². The summed E-state index contributed by atoms with van der Waals surface area (Å²) in [5, 5.41) is 9.23. The third kappa shape index (κ3) is 3.27. The first-order chi connectivity index (χ1) is 15.2. The fourth-order valence-electron chi connectivity index (χ4n) is 5.20. The summed E-state index contributed by atoms with van der Waals surface area (Å²) in [7, 11) is 1.73. The number of fused-ring (bicyclic) bond motifs is 4. The summed E-state index contributed by atoms with van der Waals surface area (Å²) in [6, 6.07) is 18.8. The molecule has 158 valence electrons. The Bertz CT molecular complexity index is 1170. The van der Waals surface area contributed by atoms with E-state index in [4.69, 9.17) is 4.74 Å². The van der Waals surface area contributed by atoms with Crippen molar-refractivity contribution in [2.45, 2.75) is 31.7 Å². The molecule has 31 heavy (non-hydrogen) atoms. The maximum Gasteiger partial charge on any atom is 0.253 e. The lowest BCUT2D eigenvalue weighted by molar-refractivity contribution is 0.0954. The summed E-state index contributed by atoms with van der Waals surface area (Å²) in [5.41, 5.74) is 4.05. The minimum absolute atomic E-state index is 0.0183. The van der Waals surface area contributed by atoms with E-state index in [-0.39, 0.29) is 17.9 Å². The van der Waals surface area contributed by atoms with Gasteiger partial charge in [0.15, 0.2) is 0 Å². The number of carbonyl (C=O) groups excluding carboxylic acids is 1. The molecule has 3 aromatic rings. The topological polar surface area (TPSA) is 50.4 Å². The highest BCUT2D eigenvalue weighted by Gasteiger charge is 2.40. The van der Waals surface area contributed by atoms with Gasteiger partial charge < -0.3 is 15.4 Å². The first-order valence-electron chi connectivity index (χ1n) is 11.1. The van der Waals surface area contributed by atoms with Crippen LogP contribution in [0.3, 0.4) is 0 Å². The number of carbonyl (C=O) groups is 1. The zero-order valence-corrected chi connectivity index (χ0v) is 18.0. The average molecular weight is 413 g/mol. The maximum absolute atomic E-state index is 13.0. The van der Waals surface area contributed by atoms with Crippen LogP contribution >= 0.6 is 0 Å². The number of benzene rings is 3. The number of para-hydroxylation sites is 1. The highest BCUT2D eigenvalue weighted by Crippen LogP contribution is 2.53. The molecule has 5 rings (SSSR count). The molecule has 0 spiro atoms. The molecule has 0 saturated heterocycles. The quantitative estimate of drug-likeness (QED) is 0.520. The van der Waals surface area contributed by atoms with Crippen LogP contribution in [0.1, 0.15) is 53.2 Å². The van der Waals surface area contributed by atoms with E-state index < -0.39 is 0 Å². The van der Waals surface area contributed by atoms with Gasteiger partial charge >= 0.3 is 0 Å². The number of allylic oxidation sites excluding steroid dienone is 2. The second-order valence-electron chi connectivity index (χ2n) is 8.40. The van der Waals surface area contributed by atoms with Crippen LogP contribution in [0.5, 0.6) is 5.75 Å². The van der Waals surface area contributed by atoms with Crippen molar-refractivity contribution >= 4 is 22.4 Å². The molecule has 0 fully saturated rings. The molecule has 0 saturated carbocycles. The van der Waals surface area contributed by atoms with Crippen LogP contribution in [0, 0.1) is 5.92 Å². The third-order valence-corrected chi connectivity index (χ3v) is 6.64. The molecule has 0 bridgehead atoms. The van der Waals surface area contributed by atoms with Crippen molar-refractivity contribution in [1.29, 1.82) is 0 Å². The Morgan fingerprint density at radius 2 is 2.00 bits per heavy atom. The number of methoxy groups -OCH3 is 1. The summed E-state index contributed by atoms with van der Waals surface area (Å²) in [6.45, 7) is 2.74. The summed E-state index contributed by atoms with van der Waals surface area (Å²) in [5.74, 6) is 1.53. The van der Waals surface area contributed by atoms with E-state index in [1.165, 1.54) is 21.9 Å². The molecule has 3 unspecified atom stereocenters. The summed E-state index contributed by atoms with van der Waals surface area (Å²) in [4.78, 5) is 13.0. The Hall–Kier alpha value is -3.27. The highest BCUT2D eigenvalue weighted by atomic mass is 16.5. The lowest BCUT2D eigenvalue weighted by Gasteiger charge is -2.39. The number of rotatable bonds is 5. The van der Waals surface area contributed by atoms with Gasteiger partial charge in [-0.1, -0.05) is 61.5 Å². The lowest BCUT2D eigenvalue weighted by atomic mass is 9.75. The zero-order valence-electron chi connectivity index (χ0n) is 18.0. The van der Waals surface area contributed by atoms with Crippen LogP contribution in [-0.2, 0) is 0 Å². The molecule has 0 aromatic heterocycles. The van der Waals surface area contributed by atoms with Gasteiger partial charge in [-0.05, 0) is 47.2 Å². The summed E-state index contributed by atoms with van der Waals surface area (Å²) >= 11 is 0. The van der Waals surface area contributed by atoms with Crippen LogP contribution in [0.2, 0.25) is 0 Å². The van der Waals surface area contributed by atoms with E-state index in [1.54, 1.807) is 7.11 Å². The van der Waals surface area contributed by atoms with Crippen LogP contribution in [-0.4, -0.2) is 19.6 Å². The van der Waals surface area contributed by atoms with Gasteiger partial charge in [-0.15, -0.1) is 0 Å². The second kappa shape index (κ2) is 8.10. The standard InChI is InChI=1S/C27H28N2O2/c1-3-16-28-27(30)22-13-7-11-20-19-10-6-12-21(19)26(29-25(20)22)24-18-9-5-4-8-17(18)14-15-23(24)31-2/h4-11,13-15,19,21,26,29H,3,12,16H2,1-2H3,(H,28,30). The monoisotopic (exact) mass is 412 g/mol. The fraction of sp³-hybridized carbons (Fsp3) is 0.296. The number of anilines is 1. The van der Waals surface area contributed by atoms with E-state index in [0.717, 1.165) is 24.3 Å². The largest absolute Gasteiger partial charge is 0.496 e. The Balaban J connectivity index is 1.67. The summed E-state index contributed by atoms with van der Waals surface area (Å²) in [6.07, 6.45) is 6.50. The van der Waals surface area contributed by atoms with Gasteiger partial charge in [-0.25, -0.2) is 0 Å². The molecule has 1 aliphatic carbocycles. The number of ether oxygens (including phenoxy) is 1. The molecule has 2 aliphatic rings. The molecule has 3 aromatic carbocycles. The molecular formula is C27H28N2O2. The van der Waals surface area contributed by atoms with Gasteiger partial charge in [-0.3, -0.25) is 4.79 Å². The molecule has 3 atom stereocenters. The predicted molar refractivity (Wildman–Crippen MR) is 126 cm³/mol. The summed E-state index contributed by atoms with van der Waals surface area (Å²) < 4.78 is 5.83. The minimum atomic E-state index is -0.0183.